The molecular formula is C16H31N3. The average molecular weight is 265 g/mol. The Balaban J connectivity index is 2.16. The van der Waals surface area contributed by atoms with Crippen molar-refractivity contribution >= 4 is 0 Å². The number of hydrogen-bond donors (Lipinski definition) is 1. The number of nitrogens with one attached hydrogen (secondary N) is 1. The SMILES string of the molecule is CCCNC(C)(C#N)CCCCN(C)C(C)C1CC1. The Morgan fingerprint density at radius 3 is 2.63 bits per heavy atom. The standard InChI is InChI=1S/C16H31N3/c1-5-11-18-16(3,13-17)10-6-7-12-19(4)14(2)15-8-9-15/h14-15,18H,5-12H2,1-4H3. The summed E-state index contributed by atoms with van der Waals surface area (Å²) in [7, 11) is 2.24. The highest BCUT2D eigenvalue weighted by atomic mass is 15.1. The van der Waals surface area contributed by atoms with E-state index in [2.05, 4.69) is 37.2 Å². The van der Waals surface area contributed by atoms with Gasteiger partial charge in [0.25, 0.3) is 0 Å². The van der Waals surface area contributed by atoms with E-state index in [9.17, 15) is 5.26 Å². The predicted octanol–water partition coefficient (Wildman–Crippen LogP) is 3.17. The number of rotatable bonds is 10. The fourth-order valence-electron chi connectivity index (χ4n) is 2.57. The van der Waals surface area contributed by atoms with Crippen molar-refractivity contribution < 1.29 is 0 Å². The van der Waals surface area contributed by atoms with E-state index in [1.165, 1.54) is 19.3 Å². The molecule has 1 N–H and O–H groups in total. The number of nitrogens with zero attached hydrogens (tertiary/aromatic N) is 2. The van der Waals surface area contributed by atoms with E-state index in [-0.39, 0.29) is 5.54 Å². The van der Waals surface area contributed by atoms with Crippen molar-refractivity contribution in [2.24, 2.45) is 5.92 Å². The maximum atomic E-state index is 9.27. The monoisotopic (exact) mass is 265 g/mol. The summed E-state index contributed by atoms with van der Waals surface area (Å²) in [5.41, 5.74) is -0.337. The van der Waals surface area contributed by atoms with E-state index < -0.39 is 0 Å². The second-order valence-electron chi connectivity index (χ2n) is 6.39. The molecule has 2 atom stereocenters. The lowest BCUT2D eigenvalue weighted by molar-refractivity contribution is 0.227. The zero-order chi connectivity index (χ0) is 14.3. The molecule has 0 aromatic heterocycles. The Kier molecular flexibility index (Phi) is 6.82. The summed E-state index contributed by atoms with van der Waals surface area (Å²) >= 11 is 0. The van der Waals surface area contributed by atoms with Crippen LogP contribution in [0.15, 0.2) is 0 Å². The van der Waals surface area contributed by atoms with Crippen LogP contribution in [-0.4, -0.2) is 36.6 Å². The summed E-state index contributed by atoms with van der Waals surface area (Å²) in [6.07, 6.45) is 7.19. The molecule has 0 spiro atoms. The van der Waals surface area contributed by atoms with Crippen molar-refractivity contribution in [1.29, 1.82) is 5.26 Å². The van der Waals surface area contributed by atoms with Crippen molar-refractivity contribution in [3.63, 3.8) is 0 Å². The van der Waals surface area contributed by atoms with E-state index in [1.807, 2.05) is 6.92 Å². The Bertz CT molecular complexity index is 293. The van der Waals surface area contributed by atoms with Crippen LogP contribution in [0.4, 0.5) is 0 Å². The summed E-state index contributed by atoms with van der Waals surface area (Å²) in [6, 6.07) is 3.16. The Morgan fingerprint density at radius 2 is 2.11 bits per heavy atom. The highest BCUT2D eigenvalue weighted by Crippen LogP contribution is 2.34. The zero-order valence-corrected chi connectivity index (χ0v) is 13.2. The highest BCUT2D eigenvalue weighted by Gasteiger charge is 2.30. The topological polar surface area (TPSA) is 39.1 Å². The minimum absolute atomic E-state index is 0.337. The van der Waals surface area contributed by atoms with Crippen LogP contribution < -0.4 is 5.32 Å². The Hall–Kier alpha value is -0.590. The van der Waals surface area contributed by atoms with Gasteiger partial charge in [-0.05, 0) is 78.4 Å². The minimum atomic E-state index is -0.337. The maximum Gasteiger partial charge on any atom is 0.103 e. The van der Waals surface area contributed by atoms with Gasteiger partial charge in [-0.25, -0.2) is 0 Å². The lowest BCUT2D eigenvalue weighted by atomic mass is 9.96. The Labute approximate surface area is 119 Å². The van der Waals surface area contributed by atoms with E-state index in [0.29, 0.717) is 0 Å². The van der Waals surface area contributed by atoms with Gasteiger partial charge in [0.15, 0.2) is 0 Å². The minimum Gasteiger partial charge on any atom is -0.303 e. The molecule has 0 heterocycles. The molecule has 0 saturated heterocycles. The molecule has 3 heteroatoms. The van der Waals surface area contributed by atoms with Crippen LogP contribution in [0.25, 0.3) is 0 Å². The molecule has 3 nitrogen and oxygen atoms in total. The number of nitriles is 1. The third-order valence-electron chi connectivity index (χ3n) is 4.45. The molecular weight excluding hydrogens is 234 g/mol. The molecule has 1 aliphatic carbocycles. The first-order chi connectivity index (χ1) is 9.02. The van der Waals surface area contributed by atoms with Gasteiger partial charge in [-0.3, -0.25) is 5.32 Å². The molecule has 0 aromatic rings. The molecule has 19 heavy (non-hydrogen) atoms. The van der Waals surface area contributed by atoms with Gasteiger partial charge >= 0.3 is 0 Å². The van der Waals surface area contributed by atoms with Crippen LogP contribution in [-0.2, 0) is 0 Å². The molecule has 0 radical (unpaired) electrons. The van der Waals surface area contributed by atoms with E-state index in [1.54, 1.807) is 0 Å². The fourth-order valence-corrected chi connectivity index (χ4v) is 2.57. The molecule has 110 valence electrons. The van der Waals surface area contributed by atoms with Crippen LogP contribution in [0.1, 0.15) is 59.3 Å². The third kappa shape index (κ3) is 5.93. The fraction of sp³-hybridized carbons (Fsp3) is 0.938. The first-order valence-corrected chi connectivity index (χ1v) is 7.89. The Morgan fingerprint density at radius 1 is 1.42 bits per heavy atom. The van der Waals surface area contributed by atoms with Gasteiger partial charge in [0.1, 0.15) is 5.54 Å². The number of unbranched alkanes of at least 4 members (excludes halogenated alkanes) is 1. The molecule has 0 aromatic carbocycles. The summed E-state index contributed by atoms with van der Waals surface area (Å²) in [4.78, 5) is 2.49. The molecule has 0 bridgehead atoms. The molecule has 0 aliphatic heterocycles. The first-order valence-electron chi connectivity index (χ1n) is 7.89. The predicted molar refractivity (Wildman–Crippen MR) is 81.0 cm³/mol. The van der Waals surface area contributed by atoms with Gasteiger partial charge in [-0.15, -0.1) is 0 Å². The first kappa shape index (κ1) is 16.5. The molecule has 0 amide bonds. The normalized spacial score (nSPS) is 20.0. The second kappa shape index (κ2) is 7.87. The summed E-state index contributed by atoms with van der Waals surface area (Å²) in [5, 5.41) is 12.6. The van der Waals surface area contributed by atoms with Crippen molar-refractivity contribution in [2.75, 3.05) is 20.1 Å². The zero-order valence-electron chi connectivity index (χ0n) is 13.2. The van der Waals surface area contributed by atoms with Gasteiger partial charge in [0, 0.05) is 6.04 Å². The lowest BCUT2D eigenvalue weighted by Crippen LogP contribution is -2.41. The van der Waals surface area contributed by atoms with Crippen LogP contribution in [0.2, 0.25) is 0 Å². The average Bonchev–Trinajstić information content (AvgIpc) is 3.24. The van der Waals surface area contributed by atoms with Gasteiger partial charge in [-0.2, -0.15) is 5.26 Å². The lowest BCUT2D eigenvalue weighted by Gasteiger charge is -2.26. The molecule has 1 rings (SSSR count). The molecule has 1 fully saturated rings. The van der Waals surface area contributed by atoms with Crippen molar-refractivity contribution in [1.82, 2.24) is 10.2 Å². The number of hydrogen-bond acceptors (Lipinski definition) is 3. The van der Waals surface area contributed by atoms with E-state index >= 15 is 0 Å². The molecule has 1 saturated carbocycles. The largest absolute Gasteiger partial charge is 0.303 e. The van der Waals surface area contributed by atoms with Crippen molar-refractivity contribution in [2.45, 2.75) is 70.9 Å². The van der Waals surface area contributed by atoms with Crippen molar-refractivity contribution in [3.05, 3.63) is 0 Å². The smallest absolute Gasteiger partial charge is 0.103 e. The second-order valence-corrected chi connectivity index (χ2v) is 6.39. The van der Waals surface area contributed by atoms with Gasteiger partial charge in [-0.1, -0.05) is 6.92 Å². The third-order valence-corrected chi connectivity index (χ3v) is 4.45. The maximum absolute atomic E-state index is 9.27. The van der Waals surface area contributed by atoms with Gasteiger partial charge in [0.2, 0.25) is 0 Å². The highest BCUT2D eigenvalue weighted by molar-refractivity contribution is 5.03. The quantitative estimate of drug-likeness (QED) is 0.617. The summed E-state index contributed by atoms with van der Waals surface area (Å²) in [5.74, 6) is 0.945. The molecule has 2 unspecified atom stereocenters. The van der Waals surface area contributed by atoms with Crippen LogP contribution >= 0.6 is 0 Å². The van der Waals surface area contributed by atoms with Gasteiger partial charge in [0.05, 0.1) is 6.07 Å². The van der Waals surface area contributed by atoms with E-state index in [0.717, 1.165) is 44.3 Å². The van der Waals surface area contributed by atoms with Gasteiger partial charge < -0.3 is 4.90 Å². The van der Waals surface area contributed by atoms with Crippen molar-refractivity contribution in [3.8, 4) is 6.07 Å². The van der Waals surface area contributed by atoms with Crippen LogP contribution in [0.5, 0.6) is 0 Å². The van der Waals surface area contributed by atoms with Crippen LogP contribution in [0, 0.1) is 17.2 Å². The summed E-state index contributed by atoms with van der Waals surface area (Å²) < 4.78 is 0. The summed E-state index contributed by atoms with van der Waals surface area (Å²) in [6.45, 7) is 8.60. The van der Waals surface area contributed by atoms with E-state index in [4.69, 9.17) is 0 Å². The molecule has 1 aliphatic rings. The van der Waals surface area contributed by atoms with Crippen LogP contribution in [0.3, 0.4) is 0 Å².